The Kier molecular flexibility index (Phi) is 3.67. The van der Waals surface area contributed by atoms with Crippen LogP contribution in [0.5, 0.6) is 0 Å². The summed E-state index contributed by atoms with van der Waals surface area (Å²) in [5, 5.41) is 21.5. The summed E-state index contributed by atoms with van der Waals surface area (Å²) in [6.45, 7) is 0. The van der Waals surface area contributed by atoms with E-state index in [4.69, 9.17) is 5.26 Å². The Balaban J connectivity index is 2.24. The number of nitrogens with one attached hydrogen (secondary N) is 1. The predicted molar refractivity (Wildman–Crippen MR) is 63.4 cm³/mol. The molecule has 102 valence electrons. The van der Waals surface area contributed by atoms with Gasteiger partial charge in [-0.3, -0.25) is 0 Å². The second-order valence-electron chi connectivity index (χ2n) is 4.62. The lowest BCUT2D eigenvalue weighted by Crippen LogP contribution is -2.28. The number of nitriles is 1. The highest BCUT2D eigenvalue weighted by atomic mass is 19.4. The molecular weight excluding hydrogens is 257 g/mol. The van der Waals surface area contributed by atoms with Crippen LogP contribution >= 0.6 is 0 Å². The Bertz CT molecular complexity index is 508. The third-order valence-corrected chi connectivity index (χ3v) is 3.29. The van der Waals surface area contributed by atoms with Gasteiger partial charge in [-0.15, -0.1) is 0 Å². The minimum Gasteiger partial charge on any atom is -0.391 e. The highest BCUT2D eigenvalue weighted by Crippen LogP contribution is 2.32. The van der Waals surface area contributed by atoms with Gasteiger partial charge in [0.15, 0.2) is 0 Å². The van der Waals surface area contributed by atoms with E-state index in [9.17, 15) is 18.3 Å². The summed E-state index contributed by atoms with van der Waals surface area (Å²) in [5.41, 5.74) is -0.572. The average Bonchev–Trinajstić information content (AvgIpc) is 2.74. The summed E-state index contributed by atoms with van der Waals surface area (Å²) < 4.78 is 37.6. The number of rotatable bonds is 2. The van der Waals surface area contributed by atoms with Gasteiger partial charge < -0.3 is 10.4 Å². The molecule has 0 amide bonds. The lowest BCUT2D eigenvalue weighted by atomic mass is 10.1. The average molecular weight is 270 g/mol. The van der Waals surface area contributed by atoms with Crippen LogP contribution in [0.25, 0.3) is 0 Å². The van der Waals surface area contributed by atoms with E-state index in [0.717, 1.165) is 25.0 Å². The molecule has 0 heterocycles. The van der Waals surface area contributed by atoms with E-state index in [-0.39, 0.29) is 11.6 Å². The first kappa shape index (κ1) is 13.7. The number of halogens is 3. The van der Waals surface area contributed by atoms with Crippen molar-refractivity contribution in [2.45, 2.75) is 37.6 Å². The van der Waals surface area contributed by atoms with Gasteiger partial charge in [0.25, 0.3) is 0 Å². The van der Waals surface area contributed by atoms with E-state index in [2.05, 4.69) is 5.32 Å². The Morgan fingerprint density at radius 1 is 1.32 bits per heavy atom. The molecule has 1 aliphatic carbocycles. The third-order valence-electron chi connectivity index (χ3n) is 3.29. The largest absolute Gasteiger partial charge is 0.416 e. The lowest BCUT2D eigenvalue weighted by molar-refractivity contribution is -0.137. The molecule has 3 nitrogen and oxygen atoms in total. The zero-order chi connectivity index (χ0) is 14.0. The van der Waals surface area contributed by atoms with Crippen molar-refractivity contribution in [3.8, 4) is 6.07 Å². The van der Waals surface area contributed by atoms with Crippen LogP contribution < -0.4 is 5.32 Å². The summed E-state index contributed by atoms with van der Waals surface area (Å²) in [6.07, 6.45) is -2.71. The van der Waals surface area contributed by atoms with E-state index < -0.39 is 17.8 Å². The molecule has 2 N–H and O–H groups in total. The number of alkyl halides is 3. The molecular formula is C13H13F3N2O. The van der Waals surface area contributed by atoms with Gasteiger partial charge in [0.2, 0.25) is 0 Å². The van der Waals surface area contributed by atoms with Crippen molar-refractivity contribution >= 4 is 5.69 Å². The topological polar surface area (TPSA) is 56.0 Å². The van der Waals surface area contributed by atoms with Gasteiger partial charge in [-0.05, 0) is 37.5 Å². The SMILES string of the molecule is N#Cc1cc(C(F)(F)F)ccc1N[C@H]1CCC[C@@H]1O. The number of hydrogen-bond acceptors (Lipinski definition) is 3. The molecule has 0 spiro atoms. The third kappa shape index (κ3) is 2.99. The van der Waals surface area contributed by atoms with E-state index in [1.54, 1.807) is 6.07 Å². The predicted octanol–water partition coefficient (Wildman–Crippen LogP) is 2.90. The fourth-order valence-corrected chi connectivity index (χ4v) is 2.25. The van der Waals surface area contributed by atoms with Gasteiger partial charge in [0, 0.05) is 0 Å². The number of nitrogens with zero attached hydrogens (tertiary/aromatic N) is 1. The molecule has 0 bridgehead atoms. The van der Waals surface area contributed by atoms with Gasteiger partial charge in [-0.2, -0.15) is 18.4 Å². The zero-order valence-electron chi connectivity index (χ0n) is 10.0. The Morgan fingerprint density at radius 3 is 2.58 bits per heavy atom. The second-order valence-corrected chi connectivity index (χ2v) is 4.62. The zero-order valence-corrected chi connectivity index (χ0v) is 10.0. The quantitative estimate of drug-likeness (QED) is 0.868. The summed E-state index contributed by atoms with van der Waals surface area (Å²) in [4.78, 5) is 0. The van der Waals surface area contributed by atoms with Crippen LogP contribution in [-0.4, -0.2) is 17.3 Å². The molecule has 1 aromatic rings. The molecule has 0 saturated heterocycles. The first-order chi connectivity index (χ1) is 8.91. The van der Waals surface area contributed by atoms with Crippen molar-refractivity contribution in [3.05, 3.63) is 29.3 Å². The lowest BCUT2D eigenvalue weighted by Gasteiger charge is -2.19. The van der Waals surface area contributed by atoms with Crippen LogP contribution in [0.4, 0.5) is 18.9 Å². The van der Waals surface area contributed by atoms with E-state index >= 15 is 0 Å². The van der Waals surface area contributed by atoms with Crippen LogP contribution in [0.15, 0.2) is 18.2 Å². The normalized spacial score (nSPS) is 23.1. The van der Waals surface area contributed by atoms with Crippen molar-refractivity contribution < 1.29 is 18.3 Å². The Labute approximate surface area is 108 Å². The standard InChI is InChI=1S/C13H13F3N2O/c14-13(15,16)9-4-5-10(8(6-9)7-17)18-11-2-1-3-12(11)19/h4-6,11-12,18-19H,1-3H2/t11-,12-/m0/s1. The minimum absolute atomic E-state index is 0.0612. The molecule has 0 unspecified atom stereocenters. The van der Waals surface area contributed by atoms with Crippen molar-refractivity contribution in [2.24, 2.45) is 0 Å². The fourth-order valence-electron chi connectivity index (χ4n) is 2.25. The molecule has 0 radical (unpaired) electrons. The maximum absolute atomic E-state index is 12.5. The van der Waals surface area contributed by atoms with Crippen LogP contribution in [0.1, 0.15) is 30.4 Å². The number of aliphatic hydroxyl groups excluding tert-OH is 1. The van der Waals surface area contributed by atoms with Gasteiger partial charge in [0.1, 0.15) is 6.07 Å². The van der Waals surface area contributed by atoms with Crippen molar-refractivity contribution in [1.82, 2.24) is 0 Å². The first-order valence-corrected chi connectivity index (χ1v) is 5.98. The van der Waals surface area contributed by atoms with Crippen LogP contribution in [-0.2, 0) is 6.18 Å². The van der Waals surface area contributed by atoms with Crippen molar-refractivity contribution in [3.63, 3.8) is 0 Å². The Hall–Kier alpha value is -1.74. The van der Waals surface area contributed by atoms with Crippen molar-refractivity contribution in [1.29, 1.82) is 5.26 Å². The minimum atomic E-state index is -4.46. The number of hydrogen-bond donors (Lipinski definition) is 2. The first-order valence-electron chi connectivity index (χ1n) is 5.98. The second kappa shape index (κ2) is 5.10. The highest BCUT2D eigenvalue weighted by Gasteiger charge is 2.31. The van der Waals surface area contributed by atoms with Gasteiger partial charge >= 0.3 is 6.18 Å². The molecule has 1 aromatic carbocycles. The van der Waals surface area contributed by atoms with Gasteiger partial charge in [-0.25, -0.2) is 0 Å². The monoisotopic (exact) mass is 270 g/mol. The maximum atomic E-state index is 12.5. The van der Waals surface area contributed by atoms with Crippen LogP contribution in [0.2, 0.25) is 0 Å². The van der Waals surface area contributed by atoms with E-state index in [1.165, 1.54) is 6.07 Å². The number of benzene rings is 1. The molecule has 1 saturated carbocycles. The van der Waals surface area contributed by atoms with E-state index in [0.29, 0.717) is 12.1 Å². The molecule has 1 aliphatic rings. The molecule has 19 heavy (non-hydrogen) atoms. The van der Waals surface area contributed by atoms with Crippen LogP contribution in [0.3, 0.4) is 0 Å². The smallest absolute Gasteiger partial charge is 0.391 e. The highest BCUT2D eigenvalue weighted by molar-refractivity contribution is 5.59. The Morgan fingerprint density at radius 2 is 2.05 bits per heavy atom. The molecule has 1 fully saturated rings. The van der Waals surface area contributed by atoms with Crippen molar-refractivity contribution in [2.75, 3.05) is 5.32 Å². The summed E-state index contributed by atoms with van der Waals surface area (Å²) in [5.74, 6) is 0. The summed E-state index contributed by atoms with van der Waals surface area (Å²) in [6, 6.07) is 4.55. The van der Waals surface area contributed by atoms with Gasteiger partial charge in [0.05, 0.1) is 29.0 Å². The fraction of sp³-hybridized carbons (Fsp3) is 0.462. The molecule has 0 aromatic heterocycles. The van der Waals surface area contributed by atoms with Crippen LogP contribution in [0, 0.1) is 11.3 Å². The molecule has 6 heteroatoms. The summed E-state index contributed by atoms with van der Waals surface area (Å²) in [7, 11) is 0. The molecule has 2 rings (SSSR count). The molecule has 0 aliphatic heterocycles. The number of anilines is 1. The van der Waals surface area contributed by atoms with E-state index in [1.807, 2.05) is 0 Å². The maximum Gasteiger partial charge on any atom is 0.416 e. The van der Waals surface area contributed by atoms with Gasteiger partial charge in [-0.1, -0.05) is 0 Å². The number of aliphatic hydroxyl groups is 1. The molecule has 2 atom stereocenters. The summed E-state index contributed by atoms with van der Waals surface area (Å²) >= 11 is 0.